The molecule has 0 saturated carbocycles. The van der Waals surface area contributed by atoms with Crippen molar-refractivity contribution < 1.29 is 0 Å². The zero-order valence-corrected chi connectivity index (χ0v) is 26.1. The Morgan fingerprint density at radius 1 is 0.511 bits per heavy atom. The van der Waals surface area contributed by atoms with Crippen LogP contribution in [0.15, 0.2) is 152 Å². The first kappa shape index (κ1) is 26.2. The third kappa shape index (κ3) is 4.06. The van der Waals surface area contributed by atoms with Crippen molar-refractivity contribution in [1.29, 1.82) is 0 Å². The molecule has 0 N–H and O–H groups in total. The predicted molar refractivity (Wildman–Crippen MR) is 195 cm³/mol. The molecule has 0 radical (unpaired) electrons. The summed E-state index contributed by atoms with van der Waals surface area (Å²) in [7, 11) is 0. The number of hydrogen-bond acceptors (Lipinski definition) is 2. The Bertz CT molecular complexity index is 2330. The van der Waals surface area contributed by atoms with Gasteiger partial charge in [0.1, 0.15) is 0 Å². The normalized spacial score (nSPS) is 13.3. The zero-order valence-electron chi connectivity index (χ0n) is 25.3. The molecular formula is C43H31NS. The Morgan fingerprint density at radius 2 is 1.09 bits per heavy atom. The molecule has 0 aliphatic heterocycles. The van der Waals surface area contributed by atoms with E-state index in [0.29, 0.717) is 0 Å². The molecule has 0 amide bonds. The topological polar surface area (TPSA) is 3.24 Å². The number of anilines is 3. The predicted octanol–water partition coefficient (Wildman–Crippen LogP) is 12.7. The van der Waals surface area contributed by atoms with Crippen molar-refractivity contribution in [1.82, 2.24) is 0 Å². The van der Waals surface area contributed by atoms with Crippen molar-refractivity contribution in [3.63, 3.8) is 0 Å². The summed E-state index contributed by atoms with van der Waals surface area (Å²) in [5, 5.41) is 6.35. The highest BCUT2D eigenvalue weighted by molar-refractivity contribution is 7.22. The molecule has 45 heavy (non-hydrogen) atoms. The lowest BCUT2D eigenvalue weighted by molar-refractivity contribution is 0.667. The van der Waals surface area contributed by atoms with Crippen LogP contribution in [0.25, 0.3) is 53.2 Å². The fraction of sp³-hybridized carbons (Fsp3) is 0.0698. The average molecular weight is 594 g/mol. The second-order valence-corrected chi connectivity index (χ2v) is 13.7. The van der Waals surface area contributed by atoms with Crippen LogP contribution in [0.1, 0.15) is 25.0 Å². The van der Waals surface area contributed by atoms with E-state index in [4.69, 9.17) is 0 Å². The van der Waals surface area contributed by atoms with Gasteiger partial charge in [0.2, 0.25) is 0 Å². The first-order valence-electron chi connectivity index (χ1n) is 15.6. The summed E-state index contributed by atoms with van der Waals surface area (Å²) in [6.07, 6.45) is 0. The van der Waals surface area contributed by atoms with Crippen LogP contribution >= 0.6 is 11.3 Å². The van der Waals surface area contributed by atoms with Crippen molar-refractivity contribution >= 4 is 60.0 Å². The highest BCUT2D eigenvalue weighted by Gasteiger charge is 2.39. The minimum atomic E-state index is -0.0385. The van der Waals surface area contributed by atoms with Crippen LogP contribution in [0.2, 0.25) is 0 Å². The second kappa shape index (κ2) is 9.92. The summed E-state index contributed by atoms with van der Waals surface area (Å²) < 4.78 is 1.37. The fourth-order valence-corrected chi connectivity index (χ4v) is 8.84. The van der Waals surface area contributed by atoms with E-state index in [0.717, 1.165) is 17.1 Å². The Kier molecular flexibility index (Phi) is 5.78. The molecule has 7 aromatic carbocycles. The van der Waals surface area contributed by atoms with Crippen LogP contribution in [-0.4, -0.2) is 0 Å². The molecule has 0 unspecified atom stereocenters. The number of rotatable bonds is 4. The maximum Gasteiger partial charge on any atom is 0.0468 e. The molecule has 1 aliphatic carbocycles. The third-order valence-electron chi connectivity index (χ3n) is 9.60. The van der Waals surface area contributed by atoms with Crippen molar-refractivity contribution in [3.8, 4) is 21.6 Å². The highest BCUT2D eigenvalue weighted by Crippen LogP contribution is 2.57. The highest BCUT2D eigenvalue weighted by atomic mass is 32.1. The molecule has 214 valence electrons. The molecule has 0 atom stereocenters. The summed E-state index contributed by atoms with van der Waals surface area (Å²) in [6.45, 7) is 4.77. The van der Waals surface area contributed by atoms with Crippen LogP contribution in [0, 0.1) is 0 Å². The van der Waals surface area contributed by atoms with Gasteiger partial charge in [-0.2, -0.15) is 0 Å². The quantitative estimate of drug-likeness (QED) is 0.196. The molecule has 1 heterocycles. The first-order valence-corrected chi connectivity index (χ1v) is 16.4. The first-order chi connectivity index (χ1) is 22.1. The Morgan fingerprint density at radius 3 is 1.76 bits per heavy atom. The Balaban J connectivity index is 1.19. The van der Waals surface area contributed by atoms with Gasteiger partial charge in [0.25, 0.3) is 0 Å². The van der Waals surface area contributed by atoms with Crippen molar-refractivity contribution in [3.05, 3.63) is 163 Å². The van der Waals surface area contributed by atoms with E-state index < -0.39 is 0 Å². The van der Waals surface area contributed by atoms with Crippen LogP contribution in [0.5, 0.6) is 0 Å². The van der Waals surface area contributed by atoms with Gasteiger partial charge in [0, 0.05) is 37.6 Å². The lowest BCUT2D eigenvalue weighted by atomic mass is 9.81. The zero-order chi connectivity index (χ0) is 30.1. The summed E-state index contributed by atoms with van der Waals surface area (Å²) in [5.41, 5.74) is 10.2. The van der Waals surface area contributed by atoms with E-state index in [9.17, 15) is 0 Å². The maximum atomic E-state index is 2.38. The number of hydrogen-bond donors (Lipinski definition) is 0. The second-order valence-electron chi connectivity index (χ2n) is 12.6. The largest absolute Gasteiger partial charge is 0.310 e. The molecular weight excluding hydrogens is 563 g/mol. The summed E-state index contributed by atoms with van der Waals surface area (Å²) in [4.78, 5) is 3.80. The van der Waals surface area contributed by atoms with E-state index in [1.54, 1.807) is 0 Å². The standard InChI is InChI=1S/C43H31NS/c1-43(2)38-16-9-15-36(40(38)42-41(43)37-14-7-8-17-39(37)45-42)30-20-22-33(23-21-30)44(34-24-18-28-10-3-5-12-31(28)26-34)35-25-19-29-11-4-6-13-32(29)27-35/h3-27H,1-2H3. The van der Waals surface area contributed by atoms with E-state index >= 15 is 0 Å². The van der Waals surface area contributed by atoms with Gasteiger partial charge in [0.15, 0.2) is 0 Å². The smallest absolute Gasteiger partial charge is 0.0468 e. The van der Waals surface area contributed by atoms with Gasteiger partial charge in [0.05, 0.1) is 0 Å². The molecule has 1 nitrogen and oxygen atoms in total. The van der Waals surface area contributed by atoms with Gasteiger partial charge >= 0.3 is 0 Å². The molecule has 0 bridgehead atoms. The van der Waals surface area contributed by atoms with Crippen molar-refractivity contribution in [2.75, 3.05) is 4.90 Å². The maximum absolute atomic E-state index is 2.38. The fourth-order valence-electron chi connectivity index (χ4n) is 7.40. The van der Waals surface area contributed by atoms with Gasteiger partial charge in [-0.3, -0.25) is 0 Å². The van der Waals surface area contributed by atoms with E-state index in [1.807, 2.05) is 11.3 Å². The van der Waals surface area contributed by atoms with E-state index in [-0.39, 0.29) is 5.41 Å². The minimum absolute atomic E-state index is 0.0385. The number of nitrogens with zero attached hydrogens (tertiary/aromatic N) is 1. The van der Waals surface area contributed by atoms with E-state index in [1.165, 1.54) is 64.3 Å². The number of benzene rings is 7. The Labute approximate surface area is 267 Å². The van der Waals surface area contributed by atoms with Crippen LogP contribution in [-0.2, 0) is 5.41 Å². The molecule has 1 aromatic heterocycles. The van der Waals surface area contributed by atoms with Gasteiger partial charge in [-0.15, -0.1) is 11.3 Å². The minimum Gasteiger partial charge on any atom is -0.310 e. The molecule has 0 spiro atoms. The van der Waals surface area contributed by atoms with Gasteiger partial charge in [-0.25, -0.2) is 0 Å². The van der Waals surface area contributed by atoms with Crippen LogP contribution < -0.4 is 4.90 Å². The molecule has 0 fully saturated rings. The molecule has 0 saturated heterocycles. The number of thiophene rings is 1. The van der Waals surface area contributed by atoms with Gasteiger partial charge < -0.3 is 4.90 Å². The van der Waals surface area contributed by atoms with Crippen molar-refractivity contribution in [2.24, 2.45) is 0 Å². The lowest BCUT2D eigenvalue weighted by Gasteiger charge is -2.26. The summed E-state index contributed by atoms with van der Waals surface area (Å²) >= 11 is 1.94. The average Bonchev–Trinajstić information content (AvgIpc) is 3.58. The van der Waals surface area contributed by atoms with Gasteiger partial charge in [-0.1, -0.05) is 123 Å². The molecule has 1 aliphatic rings. The van der Waals surface area contributed by atoms with E-state index in [2.05, 4.69) is 170 Å². The van der Waals surface area contributed by atoms with Gasteiger partial charge in [-0.05, 0) is 91.6 Å². The lowest BCUT2D eigenvalue weighted by Crippen LogP contribution is -2.14. The summed E-state index contributed by atoms with van der Waals surface area (Å²) in [6, 6.07) is 55.6. The van der Waals surface area contributed by atoms with Crippen LogP contribution in [0.3, 0.4) is 0 Å². The third-order valence-corrected chi connectivity index (χ3v) is 10.8. The SMILES string of the molecule is CC1(C)c2cccc(-c3ccc(N(c4ccc5ccccc5c4)c4ccc5ccccc5c4)cc3)c2-c2sc3ccccc3c21. The van der Waals surface area contributed by atoms with Crippen LogP contribution in [0.4, 0.5) is 17.1 Å². The molecule has 9 rings (SSSR count). The summed E-state index contributed by atoms with van der Waals surface area (Å²) in [5.74, 6) is 0. The monoisotopic (exact) mass is 593 g/mol. The molecule has 8 aromatic rings. The molecule has 2 heteroatoms. The Hall–Kier alpha value is -5.18. The number of fused-ring (bicyclic) bond motifs is 7. The van der Waals surface area contributed by atoms with Crippen molar-refractivity contribution in [2.45, 2.75) is 19.3 Å².